The lowest BCUT2D eigenvalue weighted by atomic mass is 10.1. The fraction of sp³-hybridized carbons (Fsp3) is 0.500. The van der Waals surface area contributed by atoms with E-state index in [0.717, 1.165) is 25.7 Å². The molecule has 2 aliphatic rings. The molecule has 1 aliphatic heterocycles. The average Bonchev–Trinajstić information content (AvgIpc) is 3.28. The number of hydrogen-bond acceptors (Lipinski definition) is 3. The van der Waals surface area contributed by atoms with Crippen molar-refractivity contribution in [3.63, 3.8) is 0 Å². The van der Waals surface area contributed by atoms with E-state index in [2.05, 4.69) is 9.97 Å². The van der Waals surface area contributed by atoms with Crippen molar-refractivity contribution >= 4 is 22.8 Å². The van der Waals surface area contributed by atoms with E-state index in [1.54, 1.807) is 23.1 Å². The Morgan fingerprint density at radius 1 is 0.920 bits per heavy atom. The summed E-state index contributed by atoms with van der Waals surface area (Å²) in [5.74, 6) is 0.392. The number of nitrogens with one attached hydrogen (secondary N) is 2. The molecule has 0 atom stereocenters. The van der Waals surface area contributed by atoms with Gasteiger partial charge in [0.25, 0.3) is 5.91 Å². The largest absolute Gasteiger partial charge is 0.339 e. The molecule has 2 N–H and O–H groups in total. The van der Waals surface area contributed by atoms with Crippen LogP contribution in [-0.4, -0.2) is 57.8 Å². The third-order valence-corrected chi connectivity index (χ3v) is 5.35. The monoisotopic (exact) mass is 342 g/mol. The molecule has 1 aromatic heterocycles. The minimum Gasteiger partial charge on any atom is -0.339 e. The van der Waals surface area contributed by atoms with E-state index < -0.39 is 0 Å². The van der Waals surface area contributed by atoms with Crippen molar-refractivity contribution in [2.75, 3.05) is 26.2 Å². The van der Waals surface area contributed by atoms with Gasteiger partial charge in [0.15, 0.2) is 0 Å². The predicted octanol–water partition coefficient (Wildman–Crippen LogP) is 1.33. The Balaban J connectivity index is 1.41. The first-order chi connectivity index (χ1) is 12.1. The maximum Gasteiger partial charge on any atom is 0.323 e. The zero-order chi connectivity index (χ0) is 17.4. The van der Waals surface area contributed by atoms with Crippen LogP contribution in [0.5, 0.6) is 0 Å². The van der Waals surface area contributed by atoms with Crippen LogP contribution in [0.4, 0.5) is 0 Å². The fourth-order valence-corrected chi connectivity index (χ4v) is 3.91. The van der Waals surface area contributed by atoms with E-state index in [1.807, 2.05) is 4.90 Å². The van der Waals surface area contributed by atoms with Gasteiger partial charge in [-0.2, -0.15) is 0 Å². The van der Waals surface area contributed by atoms with Gasteiger partial charge in [-0.1, -0.05) is 12.8 Å². The summed E-state index contributed by atoms with van der Waals surface area (Å²) in [6.07, 6.45) is 4.32. The number of imidazole rings is 1. The molecule has 0 spiro atoms. The van der Waals surface area contributed by atoms with Crippen molar-refractivity contribution in [1.29, 1.82) is 0 Å². The molecule has 1 saturated heterocycles. The van der Waals surface area contributed by atoms with Crippen LogP contribution in [0.3, 0.4) is 0 Å². The topological polar surface area (TPSA) is 89.3 Å². The second-order valence-electron chi connectivity index (χ2n) is 6.94. The van der Waals surface area contributed by atoms with Gasteiger partial charge in [-0.05, 0) is 31.0 Å². The van der Waals surface area contributed by atoms with Gasteiger partial charge in [-0.3, -0.25) is 9.59 Å². The van der Waals surface area contributed by atoms with Gasteiger partial charge in [0.1, 0.15) is 0 Å². The molecule has 7 nitrogen and oxygen atoms in total. The molecule has 2 heterocycles. The van der Waals surface area contributed by atoms with Gasteiger partial charge in [0, 0.05) is 37.7 Å². The lowest BCUT2D eigenvalue weighted by Gasteiger charge is -2.36. The first kappa shape index (κ1) is 15.9. The summed E-state index contributed by atoms with van der Waals surface area (Å²) in [4.78, 5) is 45.6. The second kappa shape index (κ2) is 6.38. The number of hydrogen-bond donors (Lipinski definition) is 2. The summed E-state index contributed by atoms with van der Waals surface area (Å²) in [5.41, 5.74) is 1.59. The van der Waals surface area contributed by atoms with Crippen LogP contribution >= 0.6 is 0 Å². The number of amides is 2. The normalized spacial score (nSPS) is 18.9. The first-order valence-corrected chi connectivity index (χ1v) is 8.92. The van der Waals surface area contributed by atoms with Gasteiger partial charge in [0.05, 0.1) is 11.0 Å². The zero-order valence-electron chi connectivity index (χ0n) is 14.1. The molecule has 1 aliphatic carbocycles. The molecular formula is C18H22N4O3. The van der Waals surface area contributed by atoms with Gasteiger partial charge in [0.2, 0.25) is 5.91 Å². The summed E-state index contributed by atoms with van der Waals surface area (Å²) < 4.78 is 0. The molecule has 0 bridgehead atoms. The van der Waals surface area contributed by atoms with Crippen LogP contribution in [0.2, 0.25) is 0 Å². The van der Waals surface area contributed by atoms with Gasteiger partial charge >= 0.3 is 5.69 Å². The number of aromatic nitrogens is 2. The Morgan fingerprint density at radius 3 is 2.28 bits per heavy atom. The van der Waals surface area contributed by atoms with E-state index in [-0.39, 0.29) is 23.4 Å². The van der Waals surface area contributed by atoms with Crippen molar-refractivity contribution in [1.82, 2.24) is 19.8 Å². The molecule has 2 amide bonds. The third kappa shape index (κ3) is 3.06. The zero-order valence-corrected chi connectivity index (χ0v) is 14.1. The molecule has 2 aromatic rings. The number of H-pyrrole nitrogens is 2. The van der Waals surface area contributed by atoms with Crippen LogP contribution < -0.4 is 5.69 Å². The summed E-state index contributed by atoms with van der Waals surface area (Å²) in [6.45, 7) is 2.31. The Labute approximate surface area is 145 Å². The van der Waals surface area contributed by atoms with Crippen LogP contribution in [0, 0.1) is 5.92 Å². The number of nitrogens with zero attached hydrogens (tertiary/aromatic N) is 2. The highest BCUT2D eigenvalue weighted by atomic mass is 16.2. The first-order valence-electron chi connectivity index (χ1n) is 8.92. The minimum atomic E-state index is -0.279. The van der Waals surface area contributed by atoms with Crippen molar-refractivity contribution in [3.05, 3.63) is 34.2 Å². The molecule has 4 rings (SSSR count). The Morgan fingerprint density at radius 2 is 1.56 bits per heavy atom. The SMILES string of the molecule is O=C(c1ccc2[nH]c(=O)[nH]c2c1)N1CCN(C(=O)C2CCCC2)CC1. The van der Waals surface area contributed by atoms with E-state index in [0.29, 0.717) is 42.8 Å². The highest BCUT2D eigenvalue weighted by molar-refractivity contribution is 5.97. The number of rotatable bonds is 2. The molecule has 1 aromatic carbocycles. The highest BCUT2D eigenvalue weighted by Gasteiger charge is 2.30. The van der Waals surface area contributed by atoms with E-state index >= 15 is 0 Å². The Kier molecular flexibility index (Phi) is 4.07. The van der Waals surface area contributed by atoms with Crippen molar-refractivity contribution in [2.45, 2.75) is 25.7 Å². The minimum absolute atomic E-state index is 0.0584. The summed E-state index contributed by atoms with van der Waals surface area (Å²) in [6, 6.07) is 5.16. The van der Waals surface area contributed by atoms with Gasteiger partial charge in [-0.15, -0.1) is 0 Å². The number of aromatic amines is 2. The van der Waals surface area contributed by atoms with Crippen LogP contribution in [0.25, 0.3) is 11.0 Å². The molecule has 132 valence electrons. The highest BCUT2D eigenvalue weighted by Crippen LogP contribution is 2.27. The number of fused-ring (bicyclic) bond motifs is 1. The molecule has 0 radical (unpaired) electrons. The maximum atomic E-state index is 12.7. The Hall–Kier alpha value is -2.57. The third-order valence-electron chi connectivity index (χ3n) is 5.35. The van der Waals surface area contributed by atoms with Crippen molar-refractivity contribution < 1.29 is 9.59 Å². The van der Waals surface area contributed by atoms with Gasteiger partial charge < -0.3 is 19.8 Å². The molecule has 25 heavy (non-hydrogen) atoms. The predicted molar refractivity (Wildman–Crippen MR) is 93.4 cm³/mol. The standard InChI is InChI=1S/C18H22N4O3/c23-16(12-3-1-2-4-12)21-7-9-22(10-8-21)17(24)13-5-6-14-15(11-13)20-18(25)19-14/h5-6,11-12H,1-4,7-10H2,(H2,19,20,25). The van der Waals surface area contributed by atoms with Crippen LogP contribution in [-0.2, 0) is 4.79 Å². The molecule has 0 unspecified atom stereocenters. The smallest absolute Gasteiger partial charge is 0.323 e. The van der Waals surface area contributed by atoms with Crippen LogP contribution in [0.15, 0.2) is 23.0 Å². The fourth-order valence-electron chi connectivity index (χ4n) is 3.91. The summed E-state index contributed by atoms with van der Waals surface area (Å²) in [5, 5.41) is 0. The second-order valence-corrected chi connectivity index (χ2v) is 6.94. The number of carbonyl (C=O) groups is 2. The summed E-state index contributed by atoms with van der Waals surface area (Å²) in [7, 11) is 0. The maximum absolute atomic E-state index is 12.7. The number of carbonyl (C=O) groups excluding carboxylic acids is 2. The Bertz CT molecular complexity index is 855. The van der Waals surface area contributed by atoms with Crippen molar-refractivity contribution in [3.8, 4) is 0 Å². The van der Waals surface area contributed by atoms with Crippen molar-refractivity contribution in [2.24, 2.45) is 5.92 Å². The lowest BCUT2D eigenvalue weighted by Crippen LogP contribution is -2.51. The van der Waals surface area contributed by atoms with E-state index in [1.165, 1.54) is 0 Å². The molecule has 7 heteroatoms. The van der Waals surface area contributed by atoms with Crippen LogP contribution in [0.1, 0.15) is 36.0 Å². The molecular weight excluding hydrogens is 320 g/mol. The average molecular weight is 342 g/mol. The van der Waals surface area contributed by atoms with E-state index in [9.17, 15) is 14.4 Å². The number of piperazine rings is 1. The molecule has 1 saturated carbocycles. The van der Waals surface area contributed by atoms with Gasteiger partial charge in [-0.25, -0.2) is 4.79 Å². The van der Waals surface area contributed by atoms with E-state index in [4.69, 9.17) is 0 Å². The lowest BCUT2D eigenvalue weighted by molar-refractivity contribution is -0.136. The summed E-state index contributed by atoms with van der Waals surface area (Å²) >= 11 is 0. The number of benzene rings is 1. The quantitative estimate of drug-likeness (QED) is 0.863. The molecule has 2 fully saturated rings.